The molecule has 8 heteroatoms. The fourth-order valence-corrected chi connectivity index (χ4v) is 2.96. The summed E-state index contributed by atoms with van der Waals surface area (Å²) in [5.74, 6) is 0.194. The van der Waals surface area contributed by atoms with E-state index < -0.39 is 0 Å². The number of rotatable bonds is 5. The summed E-state index contributed by atoms with van der Waals surface area (Å²) in [7, 11) is 0. The van der Waals surface area contributed by atoms with Gasteiger partial charge in [-0.1, -0.05) is 12.1 Å². The van der Waals surface area contributed by atoms with Gasteiger partial charge in [-0.3, -0.25) is 9.59 Å². The molecule has 7 nitrogen and oxygen atoms in total. The minimum Gasteiger partial charge on any atom is -0.353 e. The molecule has 2 amide bonds. The van der Waals surface area contributed by atoms with E-state index in [2.05, 4.69) is 15.3 Å². The van der Waals surface area contributed by atoms with Crippen molar-refractivity contribution >= 4 is 17.6 Å². The van der Waals surface area contributed by atoms with Crippen LogP contribution >= 0.6 is 0 Å². The van der Waals surface area contributed by atoms with Gasteiger partial charge in [0.05, 0.1) is 0 Å². The first-order valence-corrected chi connectivity index (χ1v) is 8.88. The fraction of sp³-hybridized carbons (Fsp3) is 0.368. The van der Waals surface area contributed by atoms with E-state index in [0.717, 1.165) is 5.56 Å². The molecule has 1 aromatic carbocycles. The highest BCUT2D eigenvalue weighted by atomic mass is 19.1. The first kappa shape index (κ1) is 18.8. The summed E-state index contributed by atoms with van der Waals surface area (Å²) < 4.78 is 12.9. The van der Waals surface area contributed by atoms with Gasteiger partial charge in [0.15, 0.2) is 0 Å². The molecule has 1 aliphatic heterocycles. The molecule has 0 aliphatic carbocycles. The number of piperazine rings is 1. The molecule has 0 bridgehead atoms. The van der Waals surface area contributed by atoms with Gasteiger partial charge in [0.1, 0.15) is 23.7 Å². The van der Waals surface area contributed by atoms with Crippen LogP contribution in [0.2, 0.25) is 0 Å². The predicted octanol–water partition coefficient (Wildman–Crippen LogP) is 1.26. The van der Waals surface area contributed by atoms with Crippen LogP contribution in [0.4, 0.5) is 10.2 Å². The average Bonchev–Trinajstić information content (AvgIpc) is 2.69. The van der Waals surface area contributed by atoms with Crippen molar-refractivity contribution in [2.24, 2.45) is 0 Å². The van der Waals surface area contributed by atoms with Crippen LogP contribution in [-0.2, 0) is 11.2 Å². The van der Waals surface area contributed by atoms with Crippen LogP contribution in [-0.4, -0.2) is 59.4 Å². The zero-order valence-corrected chi connectivity index (χ0v) is 15.2. The zero-order chi connectivity index (χ0) is 19.2. The highest BCUT2D eigenvalue weighted by Gasteiger charge is 2.20. The van der Waals surface area contributed by atoms with Gasteiger partial charge in [-0.2, -0.15) is 0 Å². The zero-order valence-electron chi connectivity index (χ0n) is 15.2. The quantitative estimate of drug-likeness (QED) is 0.856. The number of halogens is 1. The second-order valence-corrected chi connectivity index (χ2v) is 6.39. The Morgan fingerprint density at radius 3 is 2.48 bits per heavy atom. The standard InChI is InChI=1S/C19H22FN5O2/c1-14(26)24-8-10-25(11-9-24)18-12-17(22-13-23-18)19(27)21-7-6-15-2-4-16(20)5-3-15/h2-5,12-13H,6-11H2,1H3,(H,21,27). The monoisotopic (exact) mass is 371 g/mol. The largest absolute Gasteiger partial charge is 0.353 e. The van der Waals surface area contributed by atoms with Gasteiger partial charge < -0.3 is 15.1 Å². The van der Waals surface area contributed by atoms with Crippen molar-refractivity contribution < 1.29 is 14.0 Å². The van der Waals surface area contributed by atoms with Gasteiger partial charge in [-0.15, -0.1) is 0 Å². The molecule has 2 heterocycles. The van der Waals surface area contributed by atoms with E-state index >= 15 is 0 Å². The van der Waals surface area contributed by atoms with Crippen LogP contribution in [0.5, 0.6) is 0 Å². The second-order valence-electron chi connectivity index (χ2n) is 6.39. The van der Waals surface area contributed by atoms with Gasteiger partial charge in [-0.05, 0) is 24.1 Å². The first-order chi connectivity index (χ1) is 13.0. The highest BCUT2D eigenvalue weighted by molar-refractivity contribution is 5.92. The number of hydrogen-bond donors (Lipinski definition) is 1. The number of anilines is 1. The van der Waals surface area contributed by atoms with Gasteiger partial charge in [-0.25, -0.2) is 14.4 Å². The van der Waals surface area contributed by atoms with E-state index in [4.69, 9.17) is 0 Å². The van der Waals surface area contributed by atoms with Crippen molar-refractivity contribution in [3.63, 3.8) is 0 Å². The van der Waals surface area contributed by atoms with Crippen molar-refractivity contribution in [2.45, 2.75) is 13.3 Å². The molecule has 1 aliphatic rings. The summed E-state index contributed by atoms with van der Waals surface area (Å²) in [6, 6.07) is 7.87. The average molecular weight is 371 g/mol. The molecule has 1 fully saturated rings. The molecule has 1 N–H and O–H groups in total. The van der Waals surface area contributed by atoms with Crippen molar-refractivity contribution in [1.82, 2.24) is 20.2 Å². The molecule has 2 aromatic rings. The summed E-state index contributed by atoms with van der Waals surface area (Å²) in [5, 5.41) is 2.82. The smallest absolute Gasteiger partial charge is 0.270 e. The molecule has 0 saturated carbocycles. The van der Waals surface area contributed by atoms with Crippen LogP contribution < -0.4 is 10.2 Å². The Labute approximate surface area is 157 Å². The lowest BCUT2D eigenvalue weighted by molar-refractivity contribution is -0.129. The molecular formula is C19H22FN5O2. The number of hydrogen-bond acceptors (Lipinski definition) is 5. The number of carbonyl (C=O) groups is 2. The topological polar surface area (TPSA) is 78.4 Å². The number of aromatic nitrogens is 2. The number of amides is 2. The van der Waals surface area contributed by atoms with E-state index in [0.29, 0.717) is 50.7 Å². The Kier molecular flexibility index (Phi) is 5.95. The Morgan fingerprint density at radius 2 is 1.81 bits per heavy atom. The van der Waals surface area contributed by atoms with E-state index in [1.165, 1.54) is 18.5 Å². The maximum Gasteiger partial charge on any atom is 0.270 e. The molecule has 0 atom stereocenters. The third-order valence-electron chi connectivity index (χ3n) is 4.55. The van der Waals surface area contributed by atoms with Crippen molar-refractivity contribution in [1.29, 1.82) is 0 Å². The summed E-state index contributed by atoms with van der Waals surface area (Å²) in [6.45, 7) is 4.61. The minimum atomic E-state index is -0.277. The minimum absolute atomic E-state index is 0.0681. The number of nitrogens with zero attached hydrogens (tertiary/aromatic N) is 4. The number of nitrogens with one attached hydrogen (secondary N) is 1. The Hall–Kier alpha value is -3.03. The van der Waals surface area contributed by atoms with E-state index in [9.17, 15) is 14.0 Å². The third kappa shape index (κ3) is 4.99. The lowest BCUT2D eigenvalue weighted by Gasteiger charge is -2.34. The molecule has 1 aromatic heterocycles. The number of carbonyl (C=O) groups excluding carboxylic acids is 2. The van der Waals surface area contributed by atoms with E-state index in [-0.39, 0.29) is 17.6 Å². The van der Waals surface area contributed by atoms with E-state index in [1.54, 1.807) is 30.0 Å². The summed E-state index contributed by atoms with van der Waals surface area (Å²) >= 11 is 0. The van der Waals surface area contributed by atoms with Gasteiger partial charge in [0.25, 0.3) is 5.91 Å². The van der Waals surface area contributed by atoms with Crippen molar-refractivity contribution in [3.05, 3.63) is 53.7 Å². The number of benzene rings is 1. The van der Waals surface area contributed by atoms with Gasteiger partial charge in [0, 0.05) is 45.7 Å². The summed E-state index contributed by atoms with van der Waals surface area (Å²) in [4.78, 5) is 35.9. The Bertz CT molecular complexity index is 804. The Morgan fingerprint density at radius 1 is 1.11 bits per heavy atom. The summed E-state index contributed by atoms with van der Waals surface area (Å²) in [5.41, 5.74) is 1.25. The summed E-state index contributed by atoms with van der Waals surface area (Å²) in [6.07, 6.45) is 1.98. The molecular weight excluding hydrogens is 349 g/mol. The van der Waals surface area contributed by atoms with Crippen LogP contribution in [0.15, 0.2) is 36.7 Å². The normalized spacial score (nSPS) is 14.1. The first-order valence-electron chi connectivity index (χ1n) is 8.88. The molecule has 142 valence electrons. The van der Waals surface area contributed by atoms with E-state index in [1.807, 2.05) is 4.90 Å². The predicted molar refractivity (Wildman–Crippen MR) is 98.9 cm³/mol. The van der Waals surface area contributed by atoms with Gasteiger partial charge in [0.2, 0.25) is 5.91 Å². The fourth-order valence-electron chi connectivity index (χ4n) is 2.96. The highest BCUT2D eigenvalue weighted by Crippen LogP contribution is 2.14. The second kappa shape index (κ2) is 8.57. The van der Waals surface area contributed by atoms with Crippen molar-refractivity contribution in [2.75, 3.05) is 37.6 Å². The van der Waals surface area contributed by atoms with Crippen molar-refractivity contribution in [3.8, 4) is 0 Å². The molecule has 27 heavy (non-hydrogen) atoms. The molecule has 0 unspecified atom stereocenters. The van der Waals surface area contributed by atoms with Crippen LogP contribution in [0.3, 0.4) is 0 Å². The van der Waals surface area contributed by atoms with Crippen LogP contribution in [0.25, 0.3) is 0 Å². The van der Waals surface area contributed by atoms with Crippen LogP contribution in [0.1, 0.15) is 23.0 Å². The molecule has 0 spiro atoms. The Balaban J connectivity index is 1.54. The molecule has 1 saturated heterocycles. The molecule has 0 radical (unpaired) electrons. The lowest BCUT2D eigenvalue weighted by Crippen LogP contribution is -2.48. The third-order valence-corrected chi connectivity index (χ3v) is 4.55. The van der Waals surface area contributed by atoms with Crippen LogP contribution in [0, 0.1) is 5.82 Å². The van der Waals surface area contributed by atoms with Gasteiger partial charge >= 0.3 is 0 Å². The maximum atomic E-state index is 12.9. The SMILES string of the molecule is CC(=O)N1CCN(c2cc(C(=O)NCCc3ccc(F)cc3)ncn2)CC1. The molecule has 3 rings (SSSR count). The maximum absolute atomic E-state index is 12.9. The lowest BCUT2D eigenvalue weighted by atomic mass is 10.1.